The van der Waals surface area contributed by atoms with E-state index in [1.54, 1.807) is 6.92 Å². The van der Waals surface area contributed by atoms with Gasteiger partial charge in [0, 0.05) is 0 Å². The molecule has 1 aromatic carbocycles. The molecule has 1 aromatic rings. The van der Waals surface area contributed by atoms with Gasteiger partial charge in [0.25, 0.3) is 0 Å². The van der Waals surface area contributed by atoms with Gasteiger partial charge in [-0.15, -0.1) is 0 Å². The largest absolute Gasteiger partial charge is 0.366 e. The molecular formula is C14H20O3. The summed E-state index contributed by atoms with van der Waals surface area (Å²) in [6.45, 7) is 1.55. The van der Waals surface area contributed by atoms with Gasteiger partial charge in [0.1, 0.15) is 0 Å². The fourth-order valence-corrected chi connectivity index (χ4v) is 2.38. The van der Waals surface area contributed by atoms with Crippen molar-refractivity contribution in [2.45, 2.75) is 50.9 Å². The molecular weight excluding hydrogens is 216 g/mol. The van der Waals surface area contributed by atoms with Gasteiger partial charge in [0.2, 0.25) is 0 Å². The van der Waals surface area contributed by atoms with Crippen molar-refractivity contribution >= 4 is 0 Å². The first-order chi connectivity index (χ1) is 8.25. The van der Waals surface area contributed by atoms with E-state index in [1.807, 2.05) is 0 Å². The van der Waals surface area contributed by atoms with Crippen molar-refractivity contribution in [3.8, 4) is 0 Å². The van der Waals surface area contributed by atoms with E-state index in [9.17, 15) is 0 Å². The Morgan fingerprint density at radius 3 is 2.35 bits per heavy atom. The lowest BCUT2D eigenvalue weighted by atomic mass is 9.83. The van der Waals surface area contributed by atoms with E-state index < -0.39 is 6.29 Å². The van der Waals surface area contributed by atoms with Crippen molar-refractivity contribution in [2.75, 3.05) is 0 Å². The highest BCUT2D eigenvalue weighted by Gasteiger charge is 2.23. The van der Waals surface area contributed by atoms with Gasteiger partial charge in [0.05, 0.1) is 6.10 Å². The fraction of sp³-hybridized carbons (Fsp3) is 0.571. The highest BCUT2D eigenvalue weighted by Crippen LogP contribution is 2.33. The summed E-state index contributed by atoms with van der Waals surface area (Å²) >= 11 is 0. The molecule has 3 nitrogen and oxygen atoms in total. The zero-order chi connectivity index (χ0) is 12.1. The molecule has 94 valence electrons. The van der Waals surface area contributed by atoms with Crippen LogP contribution in [0.25, 0.3) is 0 Å². The summed E-state index contributed by atoms with van der Waals surface area (Å²) in [5.41, 5.74) is 1.42. The van der Waals surface area contributed by atoms with Gasteiger partial charge in [-0.1, -0.05) is 30.3 Å². The molecule has 3 heteroatoms. The summed E-state index contributed by atoms with van der Waals surface area (Å²) < 4.78 is 0. The molecule has 1 aliphatic rings. The minimum Gasteiger partial charge on any atom is -0.366 e. The van der Waals surface area contributed by atoms with Crippen LogP contribution in [0.15, 0.2) is 30.3 Å². The van der Waals surface area contributed by atoms with E-state index in [2.05, 4.69) is 30.3 Å². The lowest BCUT2D eigenvalue weighted by Gasteiger charge is -2.28. The van der Waals surface area contributed by atoms with Crippen LogP contribution >= 0.6 is 0 Å². The van der Waals surface area contributed by atoms with E-state index in [-0.39, 0.29) is 6.10 Å². The maximum absolute atomic E-state index is 8.97. The smallest absolute Gasteiger partial charge is 0.185 e. The van der Waals surface area contributed by atoms with Crippen LogP contribution in [0.2, 0.25) is 0 Å². The number of aliphatic hydroxyl groups excluding tert-OH is 1. The maximum Gasteiger partial charge on any atom is 0.185 e. The van der Waals surface area contributed by atoms with Crippen molar-refractivity contribution < 1.29 is 14.9 Å². The average molecular weight is 236 g/mol. The molecule has 0 heterocycles. The molecule has 0 radical (unpaired) electrons. The highest BCUT2D eigenvalue weighted by molar-refractivity contribution is 5.19. The number of hydrogen-bond donors (Lipinski definition) is 1. The van der Waals surface area contributed by atoms with Crippen LogP contribution in [0.5, 0.6) is 0 Å². The van der Waals surface area contributed by atoms with Crippen LogP contribution in [0.1, 0.15) is 44.1 Å². The first-order valence-corrected chi connectivity index (χ1v) is 6.31. The van der Waals surface area contributed by atoms with Crippen LogP contribution in [0.3, 0.4) is 0 Å². The Balaban J connectivity index is 1.78. The monoisotopic (exact) mass is 236 g/mol. The number of hydrogen-bond acceptors (Lipinski definition) is 3. The molecule has 0 saturated heterocycles. The summed E-state index contributed by atoms with van der Waals surface area (Å²) in [4.78, 5) is 9.96. The Hall–Kier alpha value is -0.900. The van der Waals surface area contributed by atoms with Gasteiger partial charge in [-0.3, -0.25) is 0 Å². The molecule has 1 aliphatic carbocycles. The molecule has 0 spiro atoms. The minimum atomic E-state index is -0.846. The SMILES string of the molecule is CC(O)OOC1CCC(c2ccccc2)CC1. The van der Waals surface area contributed by atoms with E-state index in [0.717, 1.165) is 25.7 Å². The first kappa shape index (κ1) is 12.6. The van der Waals surface area contributed by atoms with Gasteiger partial charge in [-0.25, -0.2) is 9.78 Å². The molecule has 17 heavy (non-hydrogen) atoms. The first-order valence-electron chi connectivity index (χ1n) is 6.31. The molecule has 1 fully saturated rings. The second kappa shape index (κ2) is 6.15. The molecule has 0 bridgehead atoms. The van der Waals surface area contributed by atoms with E-state index >= 15 is 0 Å². The van der Waals surface area contributed by atoms with Crippen molar-refractivity contribution in [1.29, 1.82) is 0 Å². The van der Waals surface area contributed by atoms with Crippen LogP contribution in [-0.2, 0) is 9.78 Å². The summed E-state index contributed by atoms with van der Waals surface area (Å²) in [5, 5.41) is 8.97. The zero-order valence-electron chi connectivity index (χ0n) is 10.2. The second-order valence-electron chi connectivity index (χ2n) is 4.68. The average Bonchev–Trinajstić information content (AvgIpc) is 2.38. The van der Waals surface area contributed by atoms with E-state index in [0.29, 0.717) is 5.92 Å². The third-order valence-corrected chi connectivity index (χ3v) is 3.28. The molecule has 0 aliphatic heterocycles. The van der Waals surface area contributed by atoms with Crippen LogP contribution < -0.4 is 0 Å². The van der Waals surface area contributed by atoms with Gasteiger partial charge < -0.3 is 5.11 Å². The number of benzene rings is 1. The number of rotatable bonds is 4. The molecule has 0 amide bonds. The topological polar surface area (TPSA) is 38.7 Å². The third-order valence-electron chi connectivity index (χ3n) is 3.28. The van der Waals surface area contributed by atoms with Crippen LogP contribution in [0, 0.1) is 0 Å². The summed E-state index contributed by atoms with van der Waals surface area (Å²) in [6.07, 6.45) is 3.51. The minimum absolute atomic E-state index is 0.129. The third kappa shape index (κ3) is 3.80. The second-order valence-corrected chi connectivity index (χ2v) is 4.68. The van der Waals surface area contributed by atoms with E-state index in [4.69, 9.17) is 14.9 Å². The van der Waals surface area contributed by atoms with E-state index in [1.165, 1.54) is 5.56 Å². The quantitative estimate of drug-likeness (QED) is 0.496. The summed E-state index contributed by atoms with van der Waals surface area (Å²) in [5.74, 6) is 0.641. The predicted octanol–water partition coefficient (Wildman–Crippen LogP) is 3.00. The molecule has 0 aromatic heterocycles. The predicted molar refractivity (Wildman–Crippen MR) is 65.3 cm³/mol. The van der Waals surface area contributed by atoms with Gasteiger partial charge in [-0.2, -0.15) is 0 Å². The Morgan fingerprint density at radius 1 is 1.12 bits per heavy atom. The molecule has 1 atom stereocenters. The van der Waals surface area contributed by atoms with Gasteiger partial charge in [0.15, 0.2) is 6.29 Å². The molecule has 2 rings (SSSR count). The van der Waals surface area contributed by atoms with Crippen molar-refractivity contribution in [3.05, 3.63) is 35.9 Å². The van der Waals surface area contributed by atoms with Crippen LogP contribution in [0.4, 0.5) is 0 Å². The van der Waals surface area contributed by atoms with Crippen molar-refractivity contribution in [2.24, 2.45) is 0 Å². The zero-order valence-corrected chi connectivity index (χ0v) is 10.2. The van der Waals surface area contributed by atoms with Crippen molar-refractivity contribution in [1.82, 2.24) is 0 Å². The molecule has 1 unspecified atom stereocenters. The fourth-order valence-electron chi connectivity index (χ4n) is 2.38. The molecule has 1 N–H and O–H groups in total. The Morgan fingerprint density at radius 2 is 1.76 bits per heavy atom. The Kier molecular flexibility index (Phi) is 4.54. The van der Waals surface area contributed by atoms with Crippen LogP contribution in [-0.4, -0.2) is 17.5 Å². The molecule has 1 saturated carbocycles. The van der Waals surface area contributed by atoms with Gasteiger partial charge >= 0.3 is 0 Å². The van der Waals surface area contributed by atoms with Gasteiger partial charge in [-0.05, 0) is 44.1 Å². The lowest BCUT2D eigenvalue weighted by Crippen LogP contribution is -2.23. The Labute approximate surface area is 102 Å². The summed E-state index contributed by atoms with van der Waals surface area (Å²) in [7, 11) is 0. The standard InChI is InChI=1S/C14H20O3/c1-11(15)16-17-14-9-7-13(8-10-14)12-5-3-2-4-6-12/h2-6,11,13-15H,7-10H2,1H3. The highest BCUT2D eigenvalue weighted by atomic mass is 17.2. The van der Waals surface area contributed by atoms with Crippen molar-refractivity contribution in [3.63, 3.8) is 0 Å². The normalized spacial score (nSPS) is 26.7. The Bertz CT molecular complexity index is 315. The maximum atomic E-state index is 8.97. The lowest BCUT2D eigenvalue weighted by molar-refractivity contribution is -0.389. The number of aliphatic hydroxyl groups is 1. The summed E-state index contributed by atoms with van der Waals surface area (Å²) in [6, 6.07) is 10.6.